The van der Waals surface area contributed by atoms with Crippen molar-refractivity contribution in [3.8, 4) is 5.75 Å². The summed E-state index contributed by atoms with van der Waals surface area (Å²) in [6, 6.07) is 2.92. The van der Waals surface area contributed by atoms with Gasteiger partial charge in [-0.05, 0) is 25.0 Å². The predicted molar refractivity (Wildman–Crippen MR) is 61.0 cm³/mol. The highest BCUT2D eigenvalue weighted by molar-refractivity contribution is 5.85. The van der Waals surface area contributed by atoms with Gasteiger partial charge in [-0.2, -0.15) is 0 Å². The van der Waals surface area contributed by atoms with E-state index in [1.165, 1.54) is 12.1 Å². The molecule has 18 heavy (non-hydrogen) atoms. The molecular weight excluding hydrogens is 238 g/mol. The number of ether oxygens (including phenoxy) is 2. The topological polar surface area (TPSA) is 78.7 Å². The summed E-state index contributed by atoms with van der Waals surface area (Å²) in [6.07, 6.45) is 2.92. The van der Waals surface area contributed by atoms with Crippen molar-refractivity contribution < 1.29 is 19.2 Å². The fraction of sp³-hybridized carbons (Fsp3) is 0.250. The first-order valence-electron chi connectivity index (χ1n) is 5.51. The zero-order valence-electron chi connectivity index (χ0n) is 9.34. The summed E-state index contributed by atoms with van der Waals surface area (Å²) in [5.74, 6) is 0.345. The predicted octanol–water partition coefficient (Wildman–Crippen LogP) is 1.82. The lowest BCUT2D eigenvalue weighted by Crippen LogP contribution is -2.10. The maximum atomic E-state index is 11.4. The molecule has 1 heterocycles. The van der Waals surface area contributed by atoms with Crippen LogP contribution in [-0.2, 0) is 16.0 Å². The molecule has 2 aliphatic rings. The lowest BCUT2D eigenvalue weighted by molar-refractivity contribution is -0.385. The van der Waals surface area contributed by atoms with Crippen molar-refractivity contribution in [2.24, 2.45) is 0 Å². The molecule has 1 aliphatic heterocycles. The average molecular weight is 247 g/mol. The van der Waals surface area contributed by atoms with Crippen molar-refractivity contribution in [3.63, 3.8) is 0 Å². The molecule has 0 saturated carbocycles. The molecule has 0 bridgehead atoms. The first-order chi connectivity index (χ1) is 8.66. The number of rotatable bonds is 1. The van der Waals surface area contributed by atoms with E-state index in [-0.39, 0.29) is 12.3 Å². The number of esters is 1. The number of nitrogens with zero attached hydrogens (tertiary/aromatic N) is 1. The van der Waals surface area contributed by atoms with E-state index in [4.69, 9.17) is 9.47 Å². The van der Waals surface area contributed by atoms with Gasteiger partial charge in [0.05, 0.1) is 10.5 Å². The van der Waals surface area contributed by atoms with E-state index in [2.05, 4.69) is 0 Å². The molecule has 0 saturated heterocycles. The van der Waals surface area contributed by atoms with Crippen LogP contribution >= 0.6 is 0 Å². The molecule has 6 heteroatoms. The highest BCUT2D eigenvalue weighted by atomic mass is 16.6. The van der Waals surface area contributed by atoms with Gasteiger partial charge in [0.25, 0.3) is 5.69 Å². The van der Waals surface area contributed by atoms with Gasteiger partial charge < -0.3 is 9.47 Å². The van der Waals surface area contributed by atoms with Crippen LogP contribution < -0.4 is 4.74 Å². The van der Waals surface area contributed by atoms with Crippen LogP contribution in [0.3, 0.4) is 0 Å². The maximum absolute atomic E-state index is 11.4. The quantitative estimate of drug-likeness (QED) is 0.429. The third kappa shape index (κ3) is 1.54. The molecule has 1 aromatic carbocycles. The van der Waals surface area contributed by atoms with E-state index in [0.29, 0.717) is 35.5 Å². The number of carbonyl (C=O) groups is 1. The van der Waals surface area contributed by atoms with Crippen LogP contribution in [-0.4, -0.2) is 17.5 Å². The molecule has 0 unspecified atom stereocenters. The van der Waals surface area contributed by atoms with E-state index in [0.717, 1.165) is 0 Å². The van der Waals surface area contributed by atoms with Crippen LogP contribution in [0.4, 0.5) is 5.69 Å². The normalized spacial score (nSPS) is 16.9. The van der Waals surface area contributed by atoms with Crippen molar-refractivity contribution in [2.45, 2.75) is 12.8 Å². The van der Waals surface area contributed by atoms with E-state index in [1.54, 1.807) is 6.08 Å². The largest absolute Gasteiger partial charge is 0.481 e. The number of hydrogen-bond donors (Lipinski definition) is 0. The zero-order valence-corrected chi connectivity index (χ0v) is 9.34. The van der Waals surface area contributed by atoms with Gasteiger partial charge >= 0.3 is 5.97 Å². The fourth-order valence-corrected chi connectivity index (χ4v) is 2.26. The molecule has 0 spiro atoms. The van der Waals surface area contributed by atoms with E-state index in [9.17, 15) is 14.9 Å². The lowest BCUT2D eigenvalue weighted by Gasteiger charge is -2.16. The average Bonchev–Trinajstić information content (AvgIpc) is 2.50. The summed E-state index contributed by atoms with van der Waals surface area (Å²) in [7, 11) is 0. The van der Waals surface area contributed by atoms with Crippen LogP contribution in [0.2, 0.25) is 0 Å². The molecule has 0 fully saturated rings. The van der Waals surface area contributed by atoms with Crippen molar-refractivity contribution in [1.29, 1.82) is 0 Å². The minimum Gasteiger partial charge on any atom is -0.481 e. The second-order valence-corrected chi connectivity index (χ2v) is 4.06. The van der Waals surface area contributed by atoms with Gasteiger partial charge in [0.2, 0.25) is 0 Å². The smallest absolute Gasteiger partial charge is 0.349 e. The Labute approximate surface area is 102 Å². The Kier molecular flexibility index (Phi) is 2.29. The Morgan fingerprint density at radius 1 is 1.33 bits per heavy atom. The number of hydrogen-bond acceptors (Lipinski definition) is 5. The monoisotopic (exact) mass is 247 g/mol. The van der Waals surface area contributed by atoms with Crippen LogP contribution in [0, 0.1) is 10.1 Å². The summed E-state index contributed by atoms with van der Waals surface area (Å²) in [6.45, 7) is -0.179. The van der Waals surface area contributed by atoms with Gasteiger partial charge in [-0.1, -0.05) is 0 Å². The molecular formula is C12H9NO5. The SMILES string of the molecule is O=C1COc2ccc([N+](=O)[O-])c3c2C(=CCC3)O1. The molecule has 0 N–H and O–H groups in total. The van der Waals surface area contributed by atoms with Gasteiger partial charge in [0, 0.05) is 11.6 Å². The highest BCUT2D eigenvalue weighted by Crippen LogP contribution is 2.40. The summed E-state index contributed by atoms with van der Waals surface area (Å²) in [4.78, 5) is 21.9. The summed E-state index contributed by atoms with van der Waals surface area (Å²) in [5.41, 5.74) is 1.16. The number of nitro benzene ring substituents is 1. The highest BCUT2D eigenvalue weighted by Gasteiger charge is 2.30. The van der Waals surface area contributed by atoms with Crippen molar-refractivity contribution >= 4 is 17.4 Å². The fourth-order valence-electron chi connectivity index (χ4n) is 2.26. The number of carbonyl (C=O) groups excluding carboxylic acids is 1. The number of allylic oxidation sites excluding steroid dienone is 1. The summed E-state index contributed by atoms with van der Waals surface area (Å²) in [5, 5.41) is 11.0. The van der Waals surface area contributed by atoms with Crippen LogP contribution in [0.15, 0.2) is 18.2 Å². The zero-order chi connectivity index (χ0) is 12.7. The van der Waals surface area contributed by atoms with Crippen LogP contribution in [0.5, 0.6) is 5.75 Å². The number of nitro groups is 1. The Bertz CT molecular complexity index is 590. The van der Waals surface area contributed by atoms with Crippen molar-refractivity contribution in [2.75, 3.05) is 6.61 Å². The second kappa shape index (κ2) is 3.83. The Morgan fingerprint density at radius 2 is 2.17 bits per heavy atom. The van der Waals surface area contributed by atoms with E-state index in [1.807, 2.05) is 0 Å². The number of benzene rings is 1. The Balaban J connectivity index is 2.24. The van der Waals surface area contributed by atoms with Crippen molar-refractivity contribution in [1.82, 2.24) is 0 Å². The first kappa shape index (κ1) is 10.8. The van der Waals surface area contributed by atoms with Crippen molar-refractivity contribution in [3.05, 3.63) is 39.4 Å². The molecule has 3 rings (SSSR count). The van der Waals surface area contributed by atoms with E-state index >= 15 is 0 Å². The molecule has 0 radical (unpaired) electrons. The standard InChI is InChI=1S/C12H9NO5/c14-11-6-17-9-5-4-8(13(15)16)7-2-1-3-10(18-11)12(7)9/h3-5H,1-2,6H2. The molecule has 0 amide bonds. The summed E-state index contributed by atoms with van der Waals surface area (Å²) < 4.78 is 10.4. The lowest BCUT2D eigenvalue weighted by atomic mass is 9.93. The maximum Gasteiger partial charge on any atom is 0.349 e. The van der Waals surface area contributed by atoms with E-state index < -0.39 is 10.9 Å². The van der Waals surface area contributed by atoms with Gasteiger partial charge in [-0.15, -0.1) is 0 Å². The molecule has 92 valence electrons. The van der Waals surface area contributed by atoms with Gasteiger partial charge in [-0.3, -0.25) is 10.1 Å². The first-order valence-corrected chi connectivity index (χ1v) is 5.51. The van der Waals surface area contributed by atoms with Gasteiger partial charge in [-0.25, -0.2) is 4.79 Å². The molecule has 1 aliphatic carbocycles. The second-order valence-electron chi connectivity index (χ2n) is 4.06. The Morgan fingerprint density at radius 3 is 2.94 bits per heavy atom. The molecule has 0 atom stereocenters. The van der Waals surface area contributed by atoms with Crippen LogP contribution in [0.25, 0.3) is 5.76 Å². The minimum absolute atomic E-state index is 0.0425. The molecule has 6 nitrogen and oxygen atoms in total. The molecule has 0 aromatic heterocycles. The molecule has 1 aromatic rings. The third-order valence-corrected chi connectivity index (χ3v) is 2.99. The third-order valence-electron chi connectivity index (χ3n) is 2.99. The van der Waals surface area contributed by atoms with Gasteiger partial charge in [0.1, 0.15) is 11.5 Å². The minimum atomic E-state index is -0.493. The Hall–Kier alpha value is -2.37. The van der Waals surface area contributed by atoms with Crippen LogP contribution in [0.1, 0.15) is 17.5 Å². The van der Waals surface area contributed by atoms with Gasteiger partial charge in [0.15, 0.2) is 6.61 Å². The summed E-state index contributed by atoms with van der Waals surface area (Å²) >= 11 is 0.